The van der Waals surface area contributed by atoms with Crippen molar-refractivity contribution < 1.29 is 4.92 Å². The van der Waals surface area contributed by atoms with Crippen molar-refractivity contribution in [2.45, 2.75) is 32.2 Å². The summed E-state index contributed by atoms with van der Waals surface area (Å²) in [6.07, 6.45) is 6.62. The lowest BCUT2D eigenvalue weighted by Gasteiger charge is -2.31. The molecule has 6 nitrogen and oxygen atoms in total. The average Bonchev–Trinajstić information content (AvgIpc) is 3.25. The van der Waals surface area contributed by atoms with Crippen molar-refractivity contribution in [2.75, 3.05) is 0 Å². The van der Waals surface area contributed by atoms with Gasteiger partial charge in [0, 0.05) is 22.2 Å². The molecular weight excluding hydrogens is 565 g/mol. The Morgan fingerprint density at radius 1 is 1.00 bits per heavy atom. The van der Waals surface area contributed by atoms with E-state index in [2.05, 4.69) is 6.08 Å². The van der Waals surface area contributed by atoms with E-state index in [1.807, 2.05) is 48.5 Å². The van der Waals surface area contributed by atoms with Gasteiger partial charge in [-0.05, 0) is 102 Å². The highest BCUT2D eigenvalue weighted by molar-refractivity contribution is 7.07. The lowest BCUT2D eigenvalue weighted by atomic mass is 9.84. The molecule has 0 radical (unpaired) electrons. The van der Waals surface area contributed by atoms with Crippen molar-refractivity contribution in [1.29, 1.82) is 0 Å². The first-order valence-corrected chi connectivity index (χ1v) is 14.4. The van der Waals surface area contributed by atoms with E-state index < -0.39 is 4.92 Å². The number of rotatable bonds is 4. The standard InChI is InChI=1S/C31H23Cl2N3O3S/c1-18-15-25(36(38)39)14-9-21(18)17-27-30(37)35-29(20-7-12-24(33)13-8-20)26-4-2-3-22(28(26)34-31(35)40-27)16-19-5-10-23(32)11-6-19/h5-17,29H,2-4H2,1H3/b22-16-,27-17-/t29-/m0/s1. The van der Waals surface area contributed by atoms with Gasteiger partial charge in [0.25, 0.3) is 11.2 Å². The van der Waals surface area contributed by atoms with Crippen LogP contribution in [0.3, 0.4) is 0 Å². The molecule has 0 saturated heterocycles. The van der Waals surface area contributed by atoms with Crippen LogP contribution in [0.5, 0.6) is 0 Å². The molecule has 1 atom stereocenters. The molecule has 3 aromatic carbocycles. The fraction of sp³-hybridized carbons (Fsp3) is 0.161. The summed E-state index contributed by atoms with van der Waals surface area (Å²) in [5.74, 6) is 0. The second-order valence-electron chi connectivity index (χ2n) is 9.88. The van der Waals surface area contributed by atoms with Gasteiger partial charge in [0.2, 0.25) is 0 Å². The maximum Gasteiger partial charge on any atom is 0.271 e. The Morgan fingerprint density at radius 2 is 1.70 bits per heavy atom. The lowest BCUT2D eigenvalue weighted by Crippen LogP contribution is -2.39. The zero-order chi connectivity index (χ0) is 28.0. The van der Waals surface area contributed by atoms with Gasteiger partial charge in [0.1, 0.15) is 0 Å². The SMILES string of the molecule is Cc1cc([N+](=O)[O-])ccc1/C=c1\sc2n(c1=O)[C@@H](c1ccc(Cl)cc1)C1=C(N=2)/C(=C\c2ccc(Cl)cc2)CCC1. The monoisotopic (exact) mass is 587 g/mol. The van der Waals surface area contributed by atoms with Gasteiger partial charge in [0.05, 0.1) is 21.2 Å². The number of aromatic nitrogens is 1. The van der Waals surface area contributed by atoms with Crippen LogP contribution >= 0.6 is 34.5 Å². The second-order valence-corrected chi connectivity index (χ2v) is 11.8. The summed E-state index contributed by atoms with van der Waals surface area (Å²) in [5, 5.41) is 12.5. The molecule has 0 saturated carbocycles. The topological polar surface area (TPSA) is 77.5 Å². The number of allylic oxidation sites excluding steroid dienone is 2. The van der Waals surface area contributed by atoms with Crippen LogP contribution in [-0.4, -0.2) is 9.49 Å². The van der Waals surface area contributed by atoms with Gasteiger partial charge in [-0.2, -0.15) is 0 Å². The smallest absolute Gasteiger partial charge is 0.271 e. The third-order valence-corrected chi connectivity index (χ3v) is 8.77. The molecule has 1 aromatic heterocycles. The Kier molecular flexibility index (Phi) is 7.04. The molecule has 40 heavy (non-hydrogen) atoms. The average molecular weight is 589 g/mol. The Hall–Kier alpha value is -3.78. The first-order chi connectivity index (χ1) is 19.3. The van der Waals surface area contributed by atoms with E-state index in [4.69, 9.17) is 28.2 Å². The largest absolute Gasteiger partial charge is 0.272 e. The Bertz CT molecular complexity index is 1900. The van der Waals surface area contributed by atoms with E-state index in [1.54, 1.807) is 23.6 Å². The van der Waals surface area contributed by atoms with Crippen LogP contribution in [0.1, 0.15) is 47.6 Å². The van der Waals surface area contributed by atoms with E-state index in [0.717, 1.165) is 58.4 Å². The van der Waals surface area contributed by atoms with Crippen molar-refractivity contribution >= 4 is 52.4 Å². The lowest BCUT2D eigenvalue weighted by molar-refractivity contribution is -0.384. The van der Waals surface area contributed by atoms with Crippen LogP contribution in [0.4, 0.5) is 5.69 Å². The number of non-ortho nitro benzene ring substituents is 1. The number of fused-ring (bicyclic) bond motifs is 1. The van der Waals surface area contributed by atoms with Crippen LogP contribution in [0.15, 0.2) is 93.4 Å². The Balaban J connectivity index is 1.55. The Morgan fingerprint density at radius 3 is 2.38 bits per heavy atom. The van der Waals surface area contributed by atoms with Gasteiger partial charge < -0.3 is 0 Å². The molecule has 0 unspecified atom stereocenters. The maximum atomic E-state index is 13.9. The fourth-order valence-electron chi connectivity index (χ4n) is 5.34. The highest BCUT2D eigenvalue weighted by Crippen LogP contribution is 2.41. The molecule has 2 heterocycles. The molecule has 1 aliphatic heterocycles. The molecule has 0 N–H and O–H groups in total. The number of halogens is 2. The first-order valence-electron chi connectivity index (χ1n) is 12.8. The highest BCUT2D eigenvalue weighted by atomic mass is 35.5. The van der Waals surface area contributed by atoms with Crippen LogP contribution < -0.4 is 14.9 Å². The molecule has 9 heteroatoms. The van der Waals surface area contributed by atoms with Crippen LogP contribution in [0, 0.1) is 17.0 Å². The van der Waals surface area contributed by atoms with Crippen molar-refractivity contribution in [3.05, 3.63) is 146 Å². The summed E-state index contributed by atoms with van der Waals surface area (Å²) in [5.41, 5.74) is 6.55. The number of nitro benzene ring substituents is 1. The van der Waals surface area contributed by atoms with E-state index in [9.17, 15) is 14.9 Å². The number of aryl methyl sites for hydroxylation is 1. The van der Waals surface area contributed by atoms with Gasteiger partial charge in [0.15, 0.2) is 4.80 Å². The number of hydrogen-bond acceptors (Lipinski definition) is 5. The molecule has 0 bridgehead atoms. The number of nitrogens with zero attached hydrogens (tertiary/aromatic N) is 3. The van der Waals surface area contributed by atoms with Crippen molar-refractivity contribution in [1.82, 2.24) is 4.57 Å². The fourth-order valence-corrected chi connectivity index (χ4v) is 6.58. The quantitative estimate of drug-likeness (QED) is 0.190. The minimum atomic E-state index is -0.420. The molecule has 0 amide bonds. The summed E-state index contributed by atoms with van der Waals surface area (Å²) < 4.78 is 2.31. The van der Waals surface area contributed by atoms with E-state index in [1.165, 1.54) is 23.5 Å². The molecule has 200 valence electrons. The zero-order valence-corrected chi connectivity index (χ0v) is 23.8. The predicted octanol–water partition coefficient (Wildman–Crippen LogP) is 7.01. The van der Waals surface area contributed by atoms with Gasteiger partial charge in [-0.1, -0.05) is 58.8 Å². The van der Waals surface area contributed by atoms with Gasteiger partial charge in [-0.3, -0.25) is 19.5 Å². The van der Waals surface area contributed by atoms with E-state index >= 15 is 0 Å². The third kappa shape index (κ3) is 4.96. The Labute approximate surface area is 244 Å². The molecule has 6 rings (SSSR count). The minimum Gasteiger partial charge on any atom is -0.272 e. The summed E-state index contributed by atoms with van der Waals surface area (Å²) in [7, 11) is 0. The second kappa shape index (κ2) is 10.7. The van der Waals surface area contributed by atoms with Crippen molar-refractivity contribution in [3.63, 3.8) is 0 Å². The van der Waals surface area contributed by atoms with Gasteiger partial charge in [-0.15, -0.1) is 0 Å². The number of nitro groups is 1. The van der Waals surface area contributed by atoms with Gasteiger partial charge >= 0.3 is 0 Å². The summed E-state index contributed by atoms with van der Waals surface area (Å²) >= 11 is 13.7. The first kappa shape index (κ1) is 26.4. The minimum absolute atomic E-state index is 0.0199. The summed E-state index contributed by atoms with van der Waals surface area (Å²) in [4.78, 5) is 30.4. The van der Waals surface area contributed by atoms with Crippen molar-refractivity contribution in [3.8, 4) is 0 Å². The molecule has 0 spiro atoms. The van der Waals surface area contributed by atoms with Gasteiger partial charge in [-0.25, -0.2) is 4.99 Å². The highest BCUT2D eigenvalue weighted by Gasteiger charge is 2.32. The molecule has 0 fully saturated rings. The van der Waals surface area contributed by atoms with Crippen LogP contribution in [0.25, 0.3) is 12.2 Å². The molecule has 4 aromatic rings. The molecule has 1 aliphatic carbocycles. The van der Waals surface area contributed by atoms with Crippen molar-refractivity contribution in [2.24, 2.45) is 4.99 Å². The maximum absolute atomic E-state index is 13.9. The predicted molar refractivity (Wildman–Crippen MR) is 161 cm³/mol. The van der Waals surface area contributed by atoms with Crippen LogP contribution in [0.2, 0.25) is 10.0 Å². The summed E-state index contributed by atoms with van der Waals surface area (Å²) in [6.45, 7) is 1.80. The summed E-state index contributed by atoms with van der Waals surface area (Å²) in [6, 6.07) is 19.7. The van der Waals surface area contributed by atoms with E-state index in [-0.39, 0.29) is 17.3 Å². The normalized spacial score (nSPS) is 17.9. The molecular formula is C31H23Cl2N3O3S. The van der Waals surface area contributed by atoms with E-state index in [0.29, 0.717) is 19.4 Å². The number of thiazole rings is 1. The third-order valence-electron chi connectivity index (χ3n) is 7.28. The zero-order valence-electron chi connectivity index (χ0n) is 21.4. The number of hydrogen-bond donors (Lipinski definition) is 0. The number of benzene rings is 3. The van der Waals surface area contributed by atoms with Crippen LogP contribution in [-0.2, 0) is 0 Å². The molecule has 2 aliphatic rings.